The van der Waals surface area contributed by atoms with Crippen molar-refractivity contribution in [1.29, 1.82) is 0 Å². The van der Waals surface area contributed by atoms with Gasteiger partial charge in [0, 0.05) is 5.56 Å². The molecule has 2 rings (SSSR count). The maximum atomic E-state index is 13.9. The van der Waals surface area contributed by atoms with Crippen molar-refractivity contribution < 1.29 is 27.8 Å². The molecule has 0 unspecified atom stereocenters. The molecule has 0 spiro atoms. The lowest BCUT2D eigenvalue weighted by molar-refractivity contribution is -0.145. The normalized spacial score (nSPS) is 11.5. The SMILES string of the molecule is COC(=O)[C@H](NC(=O)Cc1ccc(OC)cc1)c1cc(F)ccc1F. The zero-order chi connectivity index (χ0) is 18.4. The van der Waals surface area contributed by atoms with Crippen molar-refractivity contribution in [2.75, 3.05) is 14.2 Å². The molecule has 2 aromatic carbocycles. The van der Waals surface area contributed by atoms with Gasteiger partial charge >= 0.3 is 5.97 Å². The first-order chi connectivity index (χ1) is 11.9. The average molecular weight is 349 g/mol. The lowest BCUT2D eigenvalue weighted by Gasteiger charge is -2.17. The molecule has 25 heavy (non-hydrogen) atoms. The predicted octanol–water partition coefficient (Wildman–Crippen LogP) is 2.55. The number of amides is 1. The van der Waals surface area contributed by atoms with Crippen molar-refractivity contribution >= 4 is 11.9 Å². The van der Waals surface area contributed by atoms with E-state index in [1.807, 2.05) is 0 Å². The van der Waals surface area contributed by atoms with E-state index in [9.17, 15) is 18.4 Å². The molecule has 0 aromatic heterocycles. The molecule has 1 amide bonds. The van der Waals surface area contributed by atoms with Gasteiger partial charge in [0.15, 0.2) is 6.04 Å². The molecule has 0 fully saturated rings. The van der Waals surface area contributed by atoms with Crippen molar-refractivity contribution in [2.24, 2.45) is 0 Å². The van der Waals surface area contributed by atoms with E-state index < -0.39 is 29.6 Å². The number of hydrogen-bond acceptors (Lipinski definition) is 4. The number of carbonyl (C=O) groups excluding carboxylic acids is 2. The van der Waals surface area contributed by atoms with Gasteiger partial charge in [-0.25, -0.2) is 13.6 Å². The van der Waals surface area contributed by atoms with Crippen LogP contribution in [0.1, 0.15) is 17.2 Å². The van der Waals surface area contributed by atoms with E-state index in [4.69, 9.17) is 4.74 Å². The summed E-state index contributed by atoms with van der Waals surface area (Å²) in [4.78, 5) is 24.1. The van der Waals surface area contributed by atoms with E-state index in [1.54, 1.807) is 24.3 Å². The smallest absolute Gasteiger partial charge is 0.333 e. The van der Waals surface area contributed by atoms with E-state index >= 15 is 0 Å². The summed E-state index contributed by atoms with van der Waals surface area (Å²) in [5.74, 6) is -2.34. The maximum Gasteiger partial charge on any atom is 0.333 e. The van der Waals surface area contributed by atoms with E-state index in [-0.39, 0.29) is 12.0 Å². The average Bonchev–Trinajstić information content (AvgIpc) is 2.62. The van der Waals surface area contributed by atoms with Gasteiger partial charge in [0.2, 0.25) is 5.91 Å². The molecule has 132 valence electrons. The third-order valence-corrected chi connectivity index (χ3v) is 3.53. The van der Waals surface area contributed by atoms with Crippen LogP contribution in [0, 0.1) is 11.6 Å². The predicted molar refractivity (Wildman–Crippen MR) is 86.0 cm³/mol. The van der Waals surface area contributed by atoms with Crippen LogP contribution in [0.2, 0.25) is 0 Å². The number of nitrogens with one attached hydrogen (secondary N) is 1. The van der Waals surface area contributed by atoms with Crippen molar-refractivity contribution in [1.82, 2.24) is 5.32 Å². The number of methoxy groups -OCH3 is 2. The minimum Gasteiger partial charge on any atom is -0.497 e. The Morgan fingerprint density at radius 2 is 1.76 bits per heavy atom. The summed E-state index contributed by atoms with van der Waals surface area (Å²) < 4.78 is 36.9. The molecular weight excluding hydrogens is 332 g/mol. The van der Waals surface area contributed by atoms with Crippen LogP contribution >= 0.6 is 0 Å². The standard InChI is InChI=1S/C18H17F2NO4/c1-24-13-6-3-11(4-7-13)9-16(22)21-17(18(23)25-2)14-10-12(19)5-8-15(14)20/h3-8,10,17H,9H2,1-2H3,(H,21,22)/t17-/m1/s1. The van der Waals surface area contributed by atoms with Crippen LogP contribution in [0.4, 0.5) is 8.78 Å². The second kappa shape index (κ2) is 8.23. The highest BCUT2D eigenvalue weighted by molar-refractivity contribution is 5.86. The van der Waals surface area contributed by atoms with Crippen LogP contribution in [0.3, 0.4) is 0 Å². The highest BCUT2D eigenvalue weighted by Gasteiger charge is 2.27. The summed E-state index contributed by atoms with van der Waals surface area (Å²) >= 11 is 0. The molecule has 1 N–H and O–H groups in total. The summed E-state index contributed by atoms with van der Waals surface area (Å²) in [6, 6.07) is 7.97. The quantitative estimate of drug-likeness (QED) is 0.814. The number of benzene rings is 2. The zero-order valence-corrected chi connectivity index (χ0v) is 13.7. The van der Waals surface area contributed by atoms with Crippen molar-refractivity contribution in [3.8, 4) is 5.75 Å². The third kappa shape index (κ3) is 4.76. The molecule has 0 aliphatic heterocycles. The maximum absolute atomic E-state index is 13.9. The molecule has 0 saturated carbocycles. The Morgan fingerprint density at radius 1 is 1.08 bits per heavy atom. The molecule has 7 heteroatoms. The second-order valence-electron chi connectivity index (χ2n) is 5.21. The number of esters is 1. The van der Waals surface area contributed by atoms with Gasteiger partial charge in [-0.15, -0.1) is 0 Å². The Bertz CT molecular complexity index is 762. The monoisotopic (exact) mass is 349 g/mol. The molecule has 0 bridgehead atoms. The Labute approximate surface area is 143 Å². The van der Waals surface area contributed by atoms with Gasteiger partial charge in [-0.3, -0.25) is 4.79 Å². The third-order valence-electron chi connectivity index (χ3n) is 3.53. The van der Waals surface area contributed by atoms with Gasteiger partial charge in [0.25, 0.3) is 0 Å². The van der Waals surface area contributed by atoms with Crippen LogP contribution in [-0.2, 0) is 20.7 Å². The van der Waals surface area contributed by atoms with Crippen molar-refractivity contribution in [3.63, 3.8) is 0 Å². The van der Waals surface area contributed by atoms with Gasteiger partial charge in [-0.05, 0) is 35.9 Å². The van der Waals surface area contributed by atoms with Crippen LogP contribution in [-0.4, -0.2) is 26.1 Å². The van der Waals surface area contributed by atoms with Crippen molar-refractivity contribution in [2.45, 2.75) is 12.5 Å². The number of carbonyl (C=O) groups is 2. The molecule has 0 heterocycles. The first-order valence-corrected chi connectivity index (χ1v) is 7.39. The van der Waals surface area contributed by atoms with Crippen LogP contribution in [0.25, 0.3) is 0 Å². The summed E-state index contributed by atoms with van der Waals surface area (Å²) in [6.45, 7) is 0. The minimum atomic E-state index is -1.44. The first-order valence-electron chi connectivity index (χ1n) is 7.39. The Morgan fingerprint density at radius 3 is 2.36 bits per heavy atom. The molecule has 0 aliphatic carbocycles. The zero-order valence-electron chi connectivity index (χ0n) is 13.7. The number of halogens is 2. The van der Waals surface area contributed by atoms with Gasteiger partial charge in [0.05, 0.1) is 20.6 Å². The fraction of sp³-hybridized carbons (Fsp3) is 0.222. The van der Waals surface area contributed by atoms with Crippen LogP contribution in [0.5, 0.6) is 5.75 Å². The first kappa shape index (κ1) is 18.4. The molecule has 0 radical (unpaired) electrons. The van der Waals surface area contributed by atoms with Crippen LogP contribution < -0.4 is 10.1 Å². The number of hydrogen-bond donors (Lipinski definition) is 1. The second-order valence-corrected chi connectivity index (χ2v) is 5.21. The Hall–Kier alpha value is -2.96. The van der Waals surface area contributed by atoms with Gasteiger partial charge in [0.1, 0.15) is 17.4 Å². The fourth-order valence-electron chi connectivity index (χ4n) is 2.26. The van der Waals surface area contributed by atoms with Crippen molar-refractivity contribution in [3.05, 3.63) is 65.2 Å². The lowest BCUT2D eigenvalue weighted by Crippen LogP contribution is -2.36. The van der Waals surface area contributed by atoms with E-state index in [0.717, 1.165) is 25.3 Å². The highest BCUT2D eigenvalue weighted by atomic mass is 19.1. The molecule has 0 saturated heterocycles. The van der Waals surface area contributed by atoms with Gasteiger partial charge in [-0.2, -0.15) is 0 Å². The number of ether oxygens (including phenoxy) is 2. The topological polar surface area (TPSA) is 64.6 Å². The molecular formula is C18H17F2NO4. The summed E-state index contributed by atoms with van der Waals surface area (Å²) in [5, 5.41) is 2.38. The minimum absolute atomic E-state index is 0.0472. The summed E-state index contributed by atoms with van der Waals surface area (Å²) in [7, 11) is 2.62. The molecule has 5 nitrogen and oxygen atoms in total. The van der Waals surface area contributed by atoms with Gasteiger partial charge in [-0.1, -0.05) is 12.1 Å². The lowest BCUT2D eigenvalue weighted by atomic mass is 10.0. The molecule has 0 aliphatic rings. The highest BCUT2D eigenvalue weighted by Crippen LogP contribution is 2.20. The van der Waals surface area contributed by atoms with E-state index in [0.29, 0.717) is 11.3 Å². The molecule has 2 aromatic rings. The summed E-state index contributed by atoms with van der Waals surface area (Å²) in [5.41, 5.74) is 0.372. The van der Waals surface area contributed by atoms with Gasteiger partial charge < -0.3 is 14.8 Å². The summed E-state index contributed by atoms with van der Waals surface area (Å²) in [6.07, 6.45) is -0.0472. The van der Waals surface area contributed by atoms with E-state index in [2.05, 4.69) is 10.1 Å². The Kier molecular flexibility index (Phi) is 6.05. The van der Waals surface area contributed by atoms with Crippen LogP contribution in [0.15, 0.2) is 42.5 Å². The van der Waals surface area contributed by atoms with E-state index in [1.165, 1.54) is 7.11 Å². The molecule has 1 atom stereocenters. The Balaban J connectivity index is 2.17. The number of rotatable bonds is 6. The fourth-order valence-corrected chi connectivity index (χ4v) is 2.26. The largest absolute Gasteiger partial charge is 0.497 e.